The highest BCUT2D eigenvalue weighted by molar-refractivity contribution is 5.64. The van der Waals surface area contributed by atoms with Crippen LogP contribution < -0.4 is 4.74 Å². The predicted octanol–water partition coefficient (Wildman–Crippen LogP) is 5.75. The van der Waals surface area contributed by atoms with Gasteiger partial charge in [0.15, 0.2) is 0 Å². The van der Waals surface area contributed by atoms with E-state index >= 15 is 0 Å². The summed E-state index contributed by atoms with van der Waals surface area (Å²) in [5.74, 6) is 0.410. The van der Waals surface area contributed by atoms with Gasteiger partial charge in [0.2, 0.25) is 0 Å². The fourth-order valence-electron chi connectivity index (χ4n) is 2.42. The van der Waals surface area contributed by atoms with Crippen LogP contribution in [0.5, 0.6) is 5.75 Å². The van der Waals surface area contributed by atoms with E-state index in [1.54, 1.807) is 18.2 Å². The third-order valence-electron chi connectivity index (χ3n) is 3.59. The van der Waals surface area contributed by atoms with Gasteiger partial charge < -0.3 is 4.74 Å². The van der Waals surface area contributed by atoms with Crippen LogP contribution in [0.25, 0.3) is 11.1 Å². The van der Waals surface area contributed by atoms with E-state index in [1.165, 1.54) is 12.1 Å². The molecule has 3 aromatic rings. The molecule has 0 atom stereocenters. The number of hydrogen-bond donors (Lipinski definition) is 0. The minimum Gasteiger partial charge on any atom is -0.488 e. The number of benzene rings is 3. The van der Waals surface area contributed by atoms with Crippen molar-refractivity contribution in [3.05, 3.63) is 90.0 Å². The average Bonchev–Trinajstić information content (AvgIpc) is 2.60. The third kappa shape index (κ3) is 3.77. The molecule has 0 unspecified atom stereocenters. The summed E-state index contributed by atoms with van der Waals surface area (Å²) in [5.41, 5.74) is 1.35. The lowest BCUT2D eigenvalue weighted by Gasteiger charge is -2.13. The van der Waals surface area contributed by atoms with Crippen molar-refractivity contribution in [2.24, 2.45) is 0 Å². The van der Waals surface area contributed by atoms with Crippen LogP contribution in [0, 0.1) is 6.07 Å². The molecule has 0 aliphatic rings. The summed E-state index contributed by atoms with van der Waals surface area (Å²) in [6, 6.07) is 23.4. The Kier molecular flexibility index (Phi) is 4.56. The van der Waals surface area contributed by atoms with E-state index in [0.717, 1.165) is 17.2 Å². The standard InChI is InChI=1S/C20H14F3O/c21-20(22,23)19-12-5-4-9-17(19)14-24-18-11-6-10-16(13-18)15-7-2-1-3-8-15/h1-10,12-13H,14H2. The quantitative estimate of drug-likeness (QED) is 0.593. The fraction of sp³-hybridized carbons (Fsp3) is 0.100. The van der Waals surface area contributed by atoms with Crippen molar-refractivity contribution in [3.63, 3.8) is 0 Å². The second kappa shape index (κ2) is 6.79. The maximum absolute atomic E-state index is 13.0. The van der Waals surface area contributed by atoms with Crippen LogP contribution >= 0.6 is 0 Å². The minimum absolute atomic E-state index is 0.100. The van der Waals surface area contributed by atoms with Crippen LogP contribution in [0.3, 0.4) is 0 Å². The van der Waals surface area contributed by atoms with Crippen LogP contribution in [-0.4, -0.2) is 0 Å². The maximum atomic E-state index is 13.0. The first-order chi connectivity index (χ1) is 11.5. The fourth-order valence-corrected chi connectivity index (χ4v) is 2.42. The first-order valence-corrected chi connectivity index (χ1v) is 7.39. The Labute approximate surface area is 138 Å². The first kappa shape index (κ1) is 16.1. The van der Waals surface area contributed by atoms with Gasteiger partial charge in [-0.25, -0.2) is 0 Å². The van der Waals surface area contributed by atoms with E-state index in [0.29, 0.717) is 5.75 Å². The van der Waals surface area contributed by atoms with Gasteiger partial charge >= 0.3 is 6.18 Å². The molecular weight excluding hydrogens is 313 g/mol. The number of ether oxygens (including phenoxy) is 1. The van der Waals surface area contributed by atoms with Crippen molar-refractivity contribution < 1.29 is 17.9 Å². The van der Waals surface area contributed by atoms with Crippen LogP contribution in [0.2, 0.25) is 0 Å². The summed E-state index contributed by atoms with van der Waals surface area (Å²) in [6.07, 6.45) is -4.39. The van der Waals surface area contributed by atoms with E-state index in [2.05, 4.69) is 6.07 Å². The van der Waals surface area contributed by atoms with E-state index in [1.807, 2.05) is 36.4 Å². The lowest BCUT2D eigenvalue weighted by molar-refractivity contribution is -0.138. The van der Waals surface area contributed by atoms with Crippen LogP contribution in [0.1, 0.15) is 11.1 Å². The number of rotatable bonds is 4. The third-order valence-corrected chi connectivity index (χ3v) is 3.59. The molecule has 0 aliphatic carbocycles. The molecule has 0 spiro atoms. The van der Waals surface area contributed by atoms with E-state index < -0.39 is 11.7 Å². The Bertz CT molecular complexity index is 810. The normalized spacial score (nSPS) is 11.3. The van der Waals surface area contributed by atoms with Gasteiger partial charge in [0, 0.05) is 11.6 Å². The van der Waals surface area contributed by atoms with Crippen molar-refractivity contribution in [2.45, 2.75) is 12.8 Å². The van der Waals surface area contributed by atoms with Gasteiger partial charge in [-0.2, -0.15) is 13.2 Å². The van der Waals surface area contributed by atoms with Gasteiger partial charge in [-0.1, -0.05) is 54.6 Å². The van der Waals surface area contributed by atoms with Gasteiger partial charge in [-0.15, -0.1) is 0 Å². The molecule has 0 amide bonds. The summed E-state index contributed by atoms with van der Waals surface area (Å²) >= 11 is 0. The lowest BCUT2D eigenvalue weighted by Crippen LogP contribution is -2.10. The zero-order valence-corrected chi connectivity index (χ0v) is 12.7. The summed E-state index contributed by atoms with van der Waals surface area (Å²) in [4.78, 5) is 0. The Morgan fingerprint density at radius 2 is 1.54 bits per heavy atom. The van der Waals surface area contributed by atoms with Crippen molar-refractivity contribution in [3.8, 4) is 16.9 Å². The Balaban J connectivity index is 1.79. The highest BCUT2D eigenvalue weighted by Crippen LogP contribution is 2.32. The van der Waals surface area contributed by atoms with Gasteiger partial charge in [-0.05, 0) is 29.3 Å². The van der Waals surface area contributed by atoms with E-state index in [9.17, 15) is 13.2 Å². The number of hydrogen-bond acceptors (Lipinski definition) is 1. The van der Waals surface area contributed by atoms with Gasteiger partial charge in [0.25, 0.3) is 0 Å². The Hall–Kier alpha value is -2.75. The molecule has 1 radical (unpaired) electrons. The maximum Gasteiger partial charge on any atom is 0.416 e. The second-order valence-electron chi connectivity index (χ2n) is 5.25. The molecule has 0 bridgehead atoms. The second-order valence-corrected chi connectivity index (χ2v) is 5.25. The Morgan fingerprint density at radius 3 is 2.29 bits per heavy atom. The summed E-state index contributed by atoms with van der Waals surface area (Å²) in [5, 5.41) is 0. The van der Waals surface area contributed by atoms with E-state index in [-0.39, 0.29) is 12.2 Å². The minimum atomic E-state index is -4.39. The molecule has 0 N–H and O–H groups in total. The first-order valence-electron chi connectivity index (χ1n) is 7.39. The van der Waals surface area contributed by atoms with Gasteiger partial charge in [0.1, 0.15) is 12.4 Å². The summed E-state index contributed by atoms with van der Waals surface area (Å²) < 4.78 is 44.5. The summed E-state index contributed by atoms with van der Waals surface area (Å²) in [6.45, 7) is -0.162. The van der Waals surface area contributed by atoms with Crippen LogP contribution in [0.15, 0.2) is 72.8 Å². The number of alkyl halides is 3. The summed E-state index contributed by atoms with van der Waals surface area (Å²) in [7, 11) is 0. The molecule has 0 saturated heterocycles. The molecule has 3 aromatic carbocycles. The molecule has 24 heavy (non-hydrogen) atoms. The van der Waals surface area contributed by atoms with Crippen molar-refractivity contribution in [1.82, 2.24) is 0 Å². The zero-order chi connectivity index (χ0) is 17.0. The molecule has 1 nitrogen and oxygen atoms in total. The highest BCUT2D eigenvalue weighted by atomic mass is 19.4. The van der Waals surface area contributed by atoms with Crippen molar-refractivity contribution in [2.75, 3.05) is 0 Å². The molecule has 0 heterocycles. The molecule has 0 fully saturated rings. The number of halogens is 3. The smallest absolute Gasteiger partial charge is 0.416 e. The van der Waals surface area contributed by atoms with Crippen LogP contribution in [-0.2, 0) is 12.8 Å². The predicted molar refractivity (Wildman–Crippen MR) is 86.5 cm³/mol. The molecule has 0 saturated carbocycles. The highest BCUT2D eigenvalue weighted by Gasteiger charge is 2.32. The molecule has 0 aliphatic heterocycles. The molecule has 0 aromatic heterocycles. The molecule has 121 valence electrons. The largest absolute Gasteiger partial charge is 0.488 e. The van der Waals surface area contributed by atoms with Gasteiger partial charge in [0.05, 0.1) is 5.56 Å². The SMILES string of the molecule is FC(F)(F)c1ccccc1COc1[c]ccc(-c2ccccc2)c1. The Morgan fingerprint density at radius 1 is 0.833 bits per heavy atom. The van der Waals surface area contributed by atoms with E-state index in [4.69, 9.17) is 4.74 Å². The van der Waals surface area contributed by atoms with Gasteiger partial charge in [-0.3, -0.25) is 0 Å². The lowest BCUT2D eigenvalue weighted by atomic mass is 10.1. The monoisotopic (exact) mass is 327 g/mol. The molecular formula is C20H14F3O. The molecule has 3 rings (SSSR count). The molecule has 4 heteroatoms. The zero-order valence-electron chi connectivity index (χ0n) is 12.7. The average molecular weight is 327 g/mol. The topological polar surface area (TPSA) is 9.23 Å². The van der Waals surface area contributed by atoms with Crippen molar-refractivity contribution >= 4 is 0 Å². The van der Waals surface area contributed by atoms with Crippen LogP contribution in [0.4, 0.5) is 13.2 Å². The van der Waals surface area contributed by atoms with Crippen molar-refractivity contribution in [1.29, 1.82) is 0 Å².